The molecule has 2 aromatic carbocycles. The minimum absolute atomic E-state index is 0.0297. The highest BCUT2D eigenvalue weighted by Gasteiger charge is 2.33. The topological polar surface area (TPSA) is 48.9 Å². The van der Waals surface area contributed by atoms with Crippen LogP contribution in [0.25, 0.3) is 0 Å². The van der Waals surface area contributed by atoms with Crippen LogP contribution in [0.3, 0.4) is 0 Å². The molecule has 0 unspecified atom stereocenters. The number of alkyl halides is 3. The van der Waals surface area contributed by atoms with Crippen LogP contribution in [0.15, 0.2) is 53.6 Å². The zero-order valence-electron chi connectivity index (χ0n) is 14.9. The largest absolute Gasteiger partial charge is 0.418 e. The summed E-state index contributed by atoms with van der Waals surface area (Å²) in [5, 5.41) is 6.47. The molecule has 9 heteroatoms. The van der Waals surface area contributed by atoms with Gasteiger partial charge >= 0.3 is 6.18 Å². The summed E-state index contributed by atoms with van der Waals surface area (Å²) in [6.45, 7) is 3.15. The Morgan fingerprint density at radius 1 is 1.07 bits per heavy atom. The minimum atomic E-state index is -4.47. The summed E-state index contributed by atoms with van der Waals surface area (Å²) in [6, 6.07) is 12.9. The molecular formula is C19H19F3N4OS. The first-order chi connectivity index (χ1) is 13.4. The SMILES string of the molecule is FC(F)(F)c1ccccc1NC(=S)NN=Cc1ccc(N2CCOCC2)cc1. The van der Waals surface area contributed by atoms with Crippen LogP contribution in [0.5, 0.6) is 0 Å². The molecule has 1 aliphatic heterocycles. The number of thiocarbonyl (C=S) groups is 1. The van der Waals surface area contributed by atoms with Gasteiger partial charge in [0.1, 0.15) is 0 Å². The van der Waals surface area contributed by atoms with E-state index in [1.807, 2.05) is 24.3 Å². The number of para-hydroxylation sites is 1. The van der Waals surface area contributed by atoms with Crippen molar-refractivity contribution in [3.8, 4) is 0 Å². The standard InChI is InChI=1S/C19H19F3N4OS/c20-19(21,22)16-3-1-2-4-17(16)24-18(28)25-23-13-14-5-7-15(8-6-14)26-9-11-27-12-10-26/h1-8,13H,9-12H2,(H2,24,25,28). The maximum atomic E-state index is 13.0. The second-order valence-corrected chi connectivity index (χ2v) is 6.47. The maximum Gasteiger partial charge on any atom is 0.418 e. The van der Waals surface area contributed by atoms with E-state index in [1.54, 1.807) is 6.21 Å². The van der Waals surface area contributed by atoms with Gasteiger partial charge in [0, 0.05) is 18.8 Å². The van der Waals surface area contributed by atoms with E-state index >= 15 is 0 Å². The molecule has 148 valence electrons. The lowest BCUT2D eigenvalue weighted by molar-refractivity contribution is -0.136. The van der Waals surface area contributed by atoms with Crippen molar-refractivity contribution in [2.45, 2.75) is 6.18 Å². The molecule has 0 atom stereocenters. The molecule has 1 fully saturated rings. The molecular weight excluding hydrogens is 389 g/mol. The van der Waals surface area contributed by atoms with Crippen LogP contribution in [0, 0.1) is 0 Å². The molecule has 2 aromatic rings. The van der Waals surface area contributed by atoms with E-state index in [0.29, 0.717) is 0 Å². The molecule has 0 spiro atoms. The number of hydrogen-bond donors (Lipinski definition) is 2. The lowest BCUT2D eigenvalue weighted by atomic mass is 10.2. The minimum Gasteiger partial charge on any atom is -0.378 e. The highest BCUT2D eigenvalue weighted by atomic mass is 32.1. The normalized spacial score (nSPS) is 14.9. The number of nitrogens with zero attached hydrogens (tertiary/aromatic N) is 2. The van der Waals surface area contributed by atoms with E-state index in [-0.39, 0.29) is 10.8 Å². The Hall–Kier alpha value is -2.65. The van der Waals surface area contributed by atoms with E-state index in [1.165, 1.54) is 18.2 Å². The van der Waals surface area contributed by atoms with Gasteiger partial charge < -0.3 is 15.0 Å². The third-order valence-corrected chi connectivity index (χ3v) is 4.32. The van der Waals surface area contributed by atoms with Gasteiger partial charge in [0.05, 0.1) is 30.7 Å². The monoisotopic (exact) mass is 408 g/mol. The summed E-state index contributed by atoms with van der Waals surface area (Å²) in [7, 11) is 0. The number of anilines is 2. The molecule has 3 rings (SSSR count). The Morgan fingerprint density at radius 3 is 2.43 bits per heavy atom. The van der Waals surface area contributed by atoms with Crippen LogP contribution >= 0.6 is 12.2 Å². The van der Waals surface area contributed by atoms with Crippen LogP contribution in [0.4, 0.5) is 24.5 Å². The quantitative estimate of drug-likeness (QED) is 0.457. The van der Waals surface area contributed by atoms with Gasteiger partial charge in [-0.25, -0.2) is 0 Å². The number of hydrogen-bond acceptors (Lipinski definition) is 4. The molecule has 1 saturated heterocycles. The molecule has 2 N–H and O–H groups in total. The molecule has 1 heterocycles. The van der Waals surface area contributed by atoms with Gasteiger partial charge in [0.15, 0.2) is 5.11 Å². The summed E-state index contributed by atoms with van der Waals surface area (Å²) in [5.74, 6) is 0. The molecule has 1 aliphatic rings. The number of rotatable bonds is 4. The number of ether oxygens (including phenoxy) is 1. The summed E-state index contributed by atoms with van der Waals surface area (Å²) in [6.07, 6.45) is -2.92. The number of halogens is 3. The van der Waals surface area contributed by atoms with E-state index in [9.17, 15) is 13.2 Å². The van der Waals surface area contributed by atoms with Crippen molar-refractivity contribution in [2.75, 3.05) is 36.5 Å². The maximum absolute atomic E-state index is 13.0. The van der Waals surface area contributed by atoms with Gasteiger partial charge in [0.2, 0.25) is 0 Å². The third kappa shape index (κ3) is 5.43. The molecule has 0 saturated carbocycles. The fourth-order valence-electron chi connectivity index (χ4n) is 2.75. The van der Waals surface area contributed by atoms with Crippen LogP contribution in [-0.4, -0.2) is 37.6 Å². The van der Waals surface area contributed by atoms with Crippen molar-refractivity contribution in [1.82, 2.24) is 5.43 Å². The smallest absolute Gasteiger partial charge is 0.378 e. The van der Waals surface area contributed by atoms with Crippen LogP contribution < -0.4 is 15.6 Å². The molecule has 0 aliphatic carbocycles. The van der Waals surface area contributed by atoms with Gasteiger partial charge in [-0.05, 0) is 42.0 Å². The summed E-state index contributed by atoms with van der Waals surface area (Å²) < 4.78 is 44.3. The first kappa shape index (κ1) is 20.1. The molecule has 0 aromatic heterocycles. The fourth-order valence-corrected chi connectivity index (χ4v) is 2.91. The van der Waals surface area contributed by atoms with Crippen LogP contribution in [0.1, 0.15) is 11.1 Å². The zero-order chi connectivity index (χ0) is 20.0. The zero-order valence-corrected chi connectivity index (χ0v) is 15.7. The Balaban J connectivity index is 1.55. The van der Waals surface area contributed by atoms with E-state index in [4.69, 9.17) is 17.0 Å². The number of benzene rings is 2. The number of nitrogens with one attached hydrogen (secondary N) is 2. The van der Waals surface area contributed by atoms with Crippen molar-refractivity contribution in [1.29, 1.82) is 0 Å². The van der Waals surface area contributed by atoms with Crippen molar-refractivity contribution < 1.29 is 17.9 Å². The fraction of sp³-hybridized carbons (Fsp3) is 0.263. The predicted molar refractivity (Wildman–Crippen MR) is 108 cm³/mol. The summed E-state index contributed by atoms with van der Waals surface area (Å²) in [4.78, 5) is 2.24. The summed E-state index contributed by atoms with van der Waals surface area (Å²) >= 11 is 5.02. The summed E-state index contributed by atoms with van der Waals surface area (Å²) in [5.41, 5.74) is 3.56. The molecule has 0 amide bonds. The first-order valence-corrected chi connectivity index (χ1v) is 9.03. The number of morpholine rings is 1. The van der Waals surface area contributed by atoms with Gasteiger partial charge in [-0.1, -0.05) is 24.3 Å². The lowest BCUT2D eigenvalue weighted by Crippen LogP contribution is -2.36. The predicted octanol–water partition coefficient (Wildman–Crippen LogP) is 3.86. The Labute approximate surface area is 166 Å². The van der Waals surface area contributed by atoms with Crippen molar-refractivity contribution in [3.63, 3.8) is 0 Å². The van der Waals surface area contributed by atoms with Gasteiger partial charge in [-0.2, -0.15) is 18.3 Å². The average Bonchev–Trinajstić information content (AvgIpc) is 2.69. The highest BCUT2D eigenvalue weighted by molar-refractivity contribution is 7.80. The Bertz CT molecular complexity index is 834. The van der Waals surface area contributed by atoms with Crippen LogP contribution in [-0.2, 0) is 10.9 Å². The average molecular weight is 408 g/mol. The Morgan fingerprint density at radius 2 is 1.75 bits per heavy atom. The van der Waals surface area contributed by atoms with Crippen molar-refractivity contribution >= 4 is 34.9 Å². The van der Waals surface area contributed by atoms with Gasteiger partial charge in [0.25, 0.3) is 0 Å². The van der Waals surface area contributed by atoms with E-state index in [0.717, 1.165) is 43.6 Å². The van der Waals surface area contributed by atoms with Gasteiger partial charge in [-0.15, -0.1) is 0 Å². The van der Waals surface area contributed by atoms with Crippen LogP contribution in [0.2, 0.25) is 0 Å². The Kier molecular flexibility index (Phi) is 6.48. The number of hydrazone groups is 1. The molecule has 0 bridgehead atoms. The third-order valence-electron chi connectivity index (χ3n) is 4.13. The van der Waals surface area contributed by atoms with Gasteiger partial charge in [-0.3, -0.25) is 5.43 Å². The second kappa shape index (κ2) is 9.03. The van der Waals surface area contributed by atoms with E-state index < -0.39 is 11.7 Å². The second-order valence-electron chi connectivity index (χ2n) is 6.06. The molecule has 28 heavy (non-hydrogen) atoms. The highest BCUT2D eigenvalue weighted by Crippen LogP contribution is 2.34. The first-order valence-electron chi connectivity index (χ1n) is 8.62. The van der Waals surface area contributed by atoms with Crippen molar-refractivity contribution in [3.05, 3.63) is 59.7 Å². The molecule has 0 radical (unpaired) electrons. The van der Waals surface area contributed by atoms with Crippen molar-refractivity contribution in [2.24, 2.45) is 5.10 Å². The molecule has 5 nitrogen and oxygen atoms in total. The lowest BCUT2D eigenvalue weighted by Gasteiger charge is -2.28. The van der Waals surface area contributed by atoms with E-state index in [2.05, 4.69) is 20.7 Å².